The number of anilines is 2. The molecule has 1 N–H and O–H groups in total. The average molecular weight is 377 g/mol. The van der Waals surface area contributed by atoms with Crippen LogP contribution in [0.4, 0.5) is 15.8 Å². The summed E-state index contributed by atoms with van der Waals surface area (Å²) in [5, 5.41) is 3.17. The number of halogens is 2. The molecule has 1 amide bonds. The zero-order valence-corrected chi connectivity index (χ0v) is 15.6. The number of hydrogen-bond acceptors (Lipinski definition) is 3. The molecule has 0 aromatic heterocycles. The van der Waals surface area contributed by atoms with Gasteiger partial charge in [-0.25, -0.2) is 4.39 Å². The van der Waals surface area contributed by atoms with Crippen LogP contribution < -0.4 is 15.0 Å². The van der Waals surface area contributed by atoms with Crippen molar-refractivity contribution >= 4 is 28.9 Å². The number of amides is 1. The molecule has 1 aliphatic rings. The van der Waals surface area contributed by atoms with E-state index in [1.807, 2.05) is 13.0 Å². The number of carbonyl (C=O) groups is 1. The molecule has 1 heterocycles. The molecule has 138 valence electrons. The van der Waals surface area contributed by atoms with Crippen molar-refractivity contribution in [3.8, 4) is 5.75 Å². The zero-order chi connectivity index (χ0) is 18.7. The first-order chi connectivity index (χ1) is 12.4. The molecular formula is C20H22ClFN2O2. The molecule has 0 radical (unpaired) electrons. The standard InChI is InChI=1S/C20H22ClFN2O2/c1-13-5-6-18(21)19(9-13)26-14(2)20(25)23-16-10-15(22)11-17(12-16)24-7-3-4-8-24/h5-6,9-12,14H,3-4,7-8H2,1-2H3,(H,23,25). The minimum atomic E-state index is -0.771. The monoisotopic (exact) mass is 376 g/mol. The third kappa shape index (κ3) is 4.47. The Kier molecular flexibility index (Phi) is 5.67. The van der Waals surface area contributed by atoms with Gasteiger partial charge in [0.25, 0.3) is 5.91 Å². The summed E-state index contributed by atoms with van der Waals surface area (Å²) >= 11 is 6.11. The number of aryl methyl sites for hydroxylation is 1. The van der Waals surface area contributed by atoms with Gasteiger partial charge < -0.3 is 15.0 Å². The number of ether oxygens (including phenoxy) is 1. The molecule has 0 aliphatic carbocycles. The molecule has 1 unspecified atom stereocenters. The molecule has 1 saturated heterocycles. The van der Waals surface area contributed by atoms with Gasteiger partial charge in [0.05, 0.1) is 5.02 Å². The average Bonchev–Trinajstić information content (AvgIpc) is 3.12. The molecule has 1 fully saturated rings. The van der Waals surface area contributed by atoms with Gasteiger partial charge in [0.2, 0.25) is 0 Å². The lowest BCUT2D eigenvalue weighted by atomic mass is 10.2. The Hall–Kier alpha value is -2.27. The van der Waals surface area contributed by atoms with Gasteiger partial charge in [0.1, 0.15) is 11.6 Å². The fraction of sp³-hybridized carbons (Fsp3) is 0.350. The van der Waals surface area contributed by atoms with E-state index in [2.05, 4.69) is 10.2 Å². The quantitative estimate of drug-likeness (QED) is 0.815. The second kappa shape index (κ2) is 7.96. The fourth-order valence-corrected chi connectivity index (χ4v) is 3.16. The van der Waals surface area contributed by atoms with Crippen LogP contribution in [0.3, 0.4) is 0 Å². The van der Waals surface area contributed by atoms with Gasteiger partial charge in [-0.2, -0.15) is 0 Å². The van der Waals surface area contributed by atoms with Crippen LogP contribution in [0.5, 0.6) is 5.75 Å². The Bertz CT molecular complexity index is 806. The van der Waals surface area contributed by atoms with Crippen molar-refractivity contribution in [1.29, 1.82) is 0 Å². The third-order valence-electron chi connectivity index (χ3n) is 4.38. The highest BCUT2D eigenvalue weighted by molar-refractivity contribution is 6.32. The SMILES string of the molecule is Cc1ccc(Cl)c(OC(C)C(=O)Nc2cc(F)cc(N3CCCC3)c2)c1. The van der Waals surface area contributed by atoms with Gasteiger partial charge in [-0.15, -0.1) is 0 Å². The lowest BCUT2D eigenvalue weighted by Gasteiger charge is -2.20. The third-order valence-corrected chi connectivity index (χ3v) is 4.69. The highest BCUT2D eigenvalue weighted by Crippen LogP contribution is 2.27. The van der Waals surface area contributed by atoms with E-state index in [4.69, 9.17) is 16.3 Å². The van der Waals surface area contributed by atoms with E-state index in [0.29, 0.717) is 16.5 Å². The number of rotatable bonds is 5. The number of nitrogens with zero attached hydrogens (tertiary/aromatic N) is 1. The maximum atomic E-state index is 14.0. The van der Waals surface area contributed by atoms with Crippen molar-refractivity contribution in [2.24, 2.45) is 0 Å². The molecule has 0 spiro atoms. The Labute approximate surface area is 157 Å². The van der Waals surface area contributed by atoms with Crippen LogP contribution in [0.1, 0.15) is 25.3 Å². The summed E-state index contributed by atoms with van der Waals surface area (Å²) in [5.41, 5.74) is 2.19. The molecule has 2 aromatic rings. The first-order valence-corrected chi connectivity index (χ1v) is 9.09. The molecule has 2 aromatic carbocycles. The molecule has 6 heteroatoms. The van der Waals surface area contributed by atoms with Gasteiger partial charge in [-0.1, -0.05) is 17.7 Å². The van der Waals surface area contributed by atoms with Crippen LogP contribution >= 0.6 is 11.6 Å². The largest absolute Gasteiger partial charge is 0.479 e. The Morgan fingerprint density at radius 2 is 1.96 bits per heavy atom. The maximum absolute atomic E-state index is 14.0. The molecular weight excluding hydrogens is 355 g/mol. The van der Waals surface area contributed by atoms with Crippen LogP contribution in [0.2, 0.25) is 5.02 Å². The summed E-state index contributed by atoms with van der Waals surface area (Å²) in [7, 11) is 0. The van der Waals surface area contributed by atoms with Crippen LogP contribution in [0, 0.1) is 12.7 Å². The van der Waals surface area contributed by atoms with E-state index in [9.17, 15) is 9.18 Å². The maximum Gasteiger partial charge on any atom is 0.265 e. The molecule has 0 bridgehead atoms. The van der Waals surface area contributed by atoms with E-state index < -0.39 is 6.10 Å². The van der Waals surface area contributed by atoms with Gasteiger partial charge in [0, 0.05) is 24.5 Å². The molecule has 1 aliphatic heterocycles. The lowest BCUT2D eigenvalue weighted by Crippen LogP contribution is -2.30. The summed E-state index contributed by atoms with van der Waals surface area (Å²) in [6.45, 7) is 5.36. The zero-order valence-electron chi connectivity index (χ0n) is 14.9. The van der Waals surface area contributed by atoms with Gasteiger partial charge in [0.15, 0.2) is 6.10 Å². The van der Waals surface area contributed by atoms with Crippen molar-refractivity contribution in [3.05, 3.63) is 52.8 Å². The van der Waals surface area contributed by atoms with Crippen molar-refractivity contribution in [2.75, 3.05) is 23.3 Å². The Morgan fingerprint density at radius 1 is 1.23 bits per heavy atom. The molecule has 1 atom stereocenters. The Balaban J connectivity index is 1.69. The molecule has 0 saturated carbocycles. The second-order valence-electron chi connectivity index (χ2n) is 6.58. The second-order valence-corrected chi connectivity index (χ2v) is 6.98. The van der Waals surface area contributed by atoms with Crippen LogP contribution in [0.25, 0.3) is 0 Å². The van der Waals surface area contributed by atoms with E-state index in [0.717, 1.165) is 37.2 Å². The fourth-order valence-electron chi connectivity index (χ4n) is 2.99. The smallest absolute Gasteiger partial charge is 0.265 e. The first kappa shape index (κ1) is 18.5. The minimum absolute atomic E-state index is 0.361. The van der Waals surface area contributed by atoms with Crippen molar-refractivity contribution in [1.82, 2.24) is 0 Å². The minimum Gasteiger partial charge on any atom is -0.479 e. The Morgan fingerprint density at radius 3 is 2.69 bits per heavy atom. The van der Waals surface area contributed by atoms with E-state index >= 15 is 0 Å². The van der Waals surface area contributed by atoms with Crippen LogP contribution in [-0.4, -0.2) is 25.1 Å². The van der Waals surface area contributed by atoms with Crippen LogP contribution in [-0.2, 0) is 4.79 Å². The first-order valence-electron chi connectivity index (χ1n) is 8.71. The van der Waals surface area contributed by atoms with Gasteiger partial charge in [-0.3, -0.25) is 4.79 Å². The van der Waals surface area contributed by atoms with Gasteiger partial charge in [-0.05, 0) is 62.6 Å². The predicted molar refractivity (Wildman–Crippen MR) is 103 cm³/mol. The van der Waals surface area contributed by atoms with Crippen molar-refractivity contribution in [2.45, 2.75) is 32.8 Å². The van der Waals surface area contributed by atoms with Gasteiger partial charge >= 0.3 is 0 Å². The van der Waals surface area contributed by atoms with E-state index in [1.165, 1.54) is 12.1 Å². The normalized spacial score (nSPS) is 15.0. The predicted octanol–water partition coefficient (Wildman–Crippen LogP) is 4.79. The topological polar surface area (TPSA) is 41.6 Å². The lowest BCUT2D eigenvalue weighted by molar-refractivity contribution is -0.122. The summed E-state index contributed by atoms with van der Waals surface area (Å²) in [5.74, 6) is -0.285. The van der Waals surface area contributed by atoms with Crippen molar-refractivity contribution < 1.29 is 13.9 Å². The van der Waals surface area contributed by atoms with Crippen molar-refractivity contribution in [3.63, 3.8) is 0 Å². The van der Waals surface area contributed by atoms with E-state index in [-0.39, 0.29) is 11.7 Å². The summed E-state index contributed by atoms with van der Waals surface area (Å²) in [4.78, 5) is 14.6. The molecule has 3 rings (SSSR count). The number of carbonyl (C=O) groups excluding carboxylic acids is 1. The highest BCUT2D eigenvalue weighted by Gasteiger charge is 2.18. The van der Waals surface area contributed by atoms with E-state index in [1.54, 1.807) is 25.1 Å². The molecule has 4 nitrogen and oxygen atoms in total. The number of hydrogen-bond donors (Lipinski definition) is 1. The van der Waals surface area contributed by atoms with Crippen LogP contribution in [0.15, 0.2) is 36.4 Å². The summed E-state index contributed by atoms with van der Waals surface area (Å²) in [6, 6.07) is 9.97. The summed E-state index contributed by atoms with van der Waals surface area (Å²) in [6.07, 6.45) is 1.42. The number of nitrogens with one attached hydrogen (secondary N) is 1. The summed E-state index contributed by atoms with van der Waals surface area (Å²) < 4.78 is 19.6. The number of benzene rings is 2. The highest BCUT2D eigenvalue weighted by atomic mass is 35.5. The molecule has 26 heavy (non-hydrogen) atoms.